The quantitative estimate of drug-likeness (QED) is 0.359. The number of benzene rings is 2. The minimum Gasteiger partial charge on any atom is -0.491 e. The van der Waals surface area contributed by atoms with E-state index in [1.54, 1.807) is 24.3 Å². The number of H-pyrrole nitrogens is 1. The van der Waals surface area contributed by atoms with Crippen molar-refractivity contribution in [2.24, 2.45) is 0 Å². The summed E-state index contributed by atoms with van der Waals surface area (Å²) in [4.78, 5) is 20.0. The Morgan fingerprint density at radius 2 is 2.09 bits per heavy atom. The zero-order valence-electron chi connectivity index (χ0n) is 17.7. The zero-order valence-corrected chi connectivity index (χ0v) is 17.7. The Hall–Kier alpha value is -3.83. The number of carbonyl (C=O) groups excluding carboxylic acids is 1. The molecule has 1 atom stereocenters. The number of para-hydroxylation sites is 1. The van der Waals surface area contributed by atoms with Crippen LogP contribution < -0.4 is 15.4 Å². The number of aromatic amines is 1. The summed E-state index contributed by atoms with van der Waals surface area (Å²) >= 11 is 0. The summed E-state index contributed by atoms with van der Waals surface area (Å²) in [7, 11) is 0. The van der Waals surface area contributed by atoms with Gasteiger partial charge in [0.1, 0.15) is 35.6 Å². The Morgan fingerprint density at radius 1 is 1.26 bits per heavy atom. The Kier molecular flexibility index (Phi) is 6.57. The van der Waals surface area contributed by atoms with Gasteiger partial charge in [-0.2, -0.15) is 13.2 Å². The Balaban J connectivity index is 1.69. The van der Waals surface area contributed by atoms with Crippen LogP contribution in [0.15, 0.2) is 60.4 Å². The number of hydrogen-bond acceptors (Lipinski definition) is 6. The molecule has 0 saturated carbocycles. The van der Waals surface area contributed by atoms with Crippen molar-refractivity contribution in [3.63, 3.8) is 0 Å². The summed E-state index contributed by atoms with van der Waals surface area (Å²) < 4.78 is 46.7. The smallest absolute Gasteiger partial charge is 0.417 e. The van der Waals surface area contributed by atoms with Crippen LogP contribution in [0.3, 0.4) is 0 Å². The van der Waals surface area contributed by atoms with Crippen LogP contribution in [0.5, 0.6) is 5.75 Å². The first-order valence-corrected chi connectivity index (χ1v) is 10.3. The van der Waals surface area contributed by atoms with Crippen LogP contribution >= 0.6 is 0 Å². The lowest BCUT2D eigenvalue weighted by atomic mass is 10.1. The van der Waals surface area contributed by atoms with Crippen molar-refractivity contribution in [1.29, 1.82) is 0 Å². The molecule has 0 unspecified atom stereocenters. The molecule has 1 aliphatic rings. The third-order valence-corrected chi connectivity index (χ3v) is 5.02. The van der Waals surface area contributed by atoms with Crippen LogP contribution in [-0.4, -0.2) is 52.0 Å². The molecule has 0 aliphatic carbocycles. The second kappa shape index (κ2) is 9.57. The molecule has 0 saturated heterocycles. The fourth-order valence-electron chi connectivity index (χ4n) is 3.38. The summed E-state index contributed by atoms with van der Waals surface area (Å²) in [6.45, 7) is -0.387. The van der Waals surface area contributed by atoms with Gasteiger partial charge in [0.05, 0.1) is 23.3 Å². The molecule has 0 fully saturated rings. The van der Waals surface area contributed by atoms with Gasteiger partial charge >= 0.3 is 6.18 Å². The second-order valence-corrected chi connectivity index (χ2v) is 7.48. The Bertz CT molecular complexity index is 1270. The topological polar surface area (TPSA) is 120 Å². The van der Waals surface area contributed by atoms with E-state index in [1.807, 2.05) is 6.08 Å². The summed E-state index contributed by atoms with van der Waals surface area (Å²) in [6, 6.07) is 8.07. The number of imidazole rings is 1. The molecule has 0 spiro atoms. The van der Waals surface area contributed by atoms with Gasteiger partial charge in [-0.15, -0.1) is 0 Å². The number of nitrogens with one attached hydrogen (secondary N) is 3. The van der Waals surface area contributed by atoms with E-state index in [0.717, 1.165) is 6.07 Å². The SMILES string of the molecule is O=C(NC1=CC=CCN1)c1cccc2[nH]c(-c3ccc(OC[C@H](O)CO)cc3C(F)(F)F)nc12. The van der Waals surface area contributed by atoms with E-state index >= 15 is 0 Å². The van der Waals surface area contributed by atoms with E-state index in [1.165, 1.54) is 18.2 Å². The number of carbonyl (C=O) groups is 1. The number of alkyl halides is 3. The molecule has 178 valence electrons. The van der Waals surface area contributed by atoms with Crippen LogP contribution in [0.2, 0.25) is 0 Å². The lowest BCUT2D eigenvalue weighted by Crippen LogP contribution is -2.32. The highest BCUT2D eigenvalue weighted by Gasteiger charge is 2.35. The Labute approximate surface area is 191 Å². The summed E-state index contributed by atoms with van der Waals surface area (Å²) in [5.74, 6) is -0.147. The van der Waals surface area contributed by atoms with E-state index in [-0.39, 0.29) is 34.8 Å². The molecule has 34 heavy (non-hydrogen) atoms. The molecule has 8 nitrogen and oxygen atoms in total. The molecule has 5 N–H and O–H groups in total. The number of aliphatic hydroxyl groups excluding tert-OH is 2. The molecule has 0 bridgehead atoms. The van der Waals surface area contributed by atoms with Crippen molar-refractivity contribution in [2.45, 2.75) is 12.3 Å². The van der Waals surface area contributed by atoms with Gasteiger partial charge in [0.15, 0.2) is 0 Å². The van der Waals surface area contributed by atoms with Gasteiger partial charge in [0.2, 0.25) is 0 Å². The predicted octanol–water partition coefficient (Wildman–Crippen LogP) is 2.71. The van der Waals surface area contributed by atoms with E-state index in [4.69, 9.17) is 9.84 Å². The number of ether oxygens (including phenoxy) is 1. The van der Waals surface area contributed by atoms with Crippen molar-refractivity contribution in [2.75, 3.05) is 19.8 Å². The Morgan fingerprint density at radius 3 is 2.79 bits per heavy atom. The summed E-state index contributed by atoms with van der Waals surface area (Å²) in [5, 5.41) is 23.9. The molecule has 2 heterocycles. The maximum atomic E-state index is 13.8. The highest BCUT2D eigenvalue weighted by Crippen LogP contribution is 2.39. The van der Waals surface area contributed by atoms with Crippen molar-refractivity contribution in [3.8, 4) is 17.1 Å². The van der Waals surface area contributed by atoms with E-state index in [2.05, 4.69) is 20.6 Å². The van der Waals surface area contributed by atoms with Crippen LogP contribution in [-0.2, 0) is 6.18 Å². The normalized spacial score (nSPS) is 14.4. The van der Waals surface area contributed by atoms with Crippen LogP contribution in [0.4, 0.5) is 13.2 Å². The fraction of sp³-hybridized carbons (Fsp3) is 0.217. The highest BCUT2D eigenvalue weighted by atomic mass is 19.4. The molecule has 3 aromatic rings. The fourth-order valence-corrected chi connectivity index (χ4v) is 3.38. The van der Waals surface area contributed by atoms with E-state index in [9.17, 15) is 23.1 Å². The molecule has 0 radical (unpaired) electrons. The van der Waals surface area contributed by atoms with Gasteiger partial charge in [0, 0.05) is 12.1 Å². The first-order chi connectivity index (χ1) is 16.3. The van der Waals surface area contributed by atoms with E-state index in [0.29, 0.717) is 17.9 Å². The maximum Gasteiger partial charge on any atom is 0.417 e. The second-order valence-electron chi connectivity index (χ2n) is 7.48. The number of dihydropyridines is 1. The van der Waals surface area contributed by atoms with E-state index < -0.39 is 30.4 Å². The largest absolute Gasteiger partial charge is 0.491 e. The first kappa shape index (κ1) is 23.3. The minimum absolute atomic E-state index is 0.0672. The van der Waals surface area contributed by atoms with Crippen molar-refractivity contribution >= 4 is 16.9 Å². The summed E-state index contributed by atoms with van der Waals surface area (Å²) in [6.07, 6.45) is -0.591. The van der Waals surface area contributed by atoms with Gasteiger partial charge in [-0.25, -0.2) is 4.98 Å². The average Bonchev–Trinajstić information content (AvgIpc) is 3.26. The van der Waals surface area contributed by atoms with Crippen LogP contribution in [0.25, 0.3) is 22.4 Å². The minimum atomic E-state index is -4.73. The van der Waals surface area contributed by atoms with Gasteiger partial charge in [-0.1, -0.05) is 18.2 Å². The zero-order chi connectivity index (χ0) is 24.3. The first-order valence-electron chi connectivity index (χ1n) is 10.3. The number of halogens is 3. The third-order valence-electron chi connectivity index (χ3n) is 5.02. The number of aliphatic hydroxyl groups is 2. The number of aromatic nitrogens is 2. The number of hydrogen-bond donors (Lipinski definition) is 5. The molecular formula is C23H21F3N4O4. The lowest BCUT2D eigenvalue weighted by Gasteiger charge is -2.15. The molecule has 4 rings (SSSR count). The average molecular weight is 474 g/mol. The highest BCUT2D eigenvalue weighted by molar-refractivity contribution is 6.06. The van der Waals surface area contributed by atoms with Crippen LogP contribution in [0, 0.1) is 0 Å². The van der Waals surface area contributed by atoms with Crippen LogP contribution in [0.1, 0.15) is 15.9 Å². The lowest BCUT2D eigenvalue weighted by molar-refractivity contribution is -0.137. The van der Waals surface area contributed by atoms with Crippen molar-refractivity contribution in [3.05, 3.63) is 71.6 Å². The van der Waals surface area contributed by atoms with Crippen molar-refractivity contribution < 1.29 is 32.9 Å². The van der Waals surface area contributed by atoms with Crippen molar-refractivity contribution in [1.82, 2.24) is 20.6 Å². The molecule has 1 aromatic heterocycles. The van der Waals surface area contributed by atoms with Gasteiger partial charge in [-0.3, -0.25) is 4.79 Å². The van der Waals surface area contributed by atoms with Gasteiger partial charge < -0.3 is 30.6 Å². The molecular weight excluding hydrogens is 453 g/mol. The number of allylic oxidation sites excluding steroid dienone is 2. The number of fused-ring (bicyclic) bond motifs is 1. The molecule has 1 amide bonds. The molecule has 2 aromatic carbocycles. The maximum absolute atomic E-state index is 13.8. The monoisotopic (exact) mass is 474 g/mol. The number of amides is 1. The molecule has 1 aliphatic heterocycles. The standard InChI is InChI=1S/C23H21F3N4O4/c24-23(25,26)17-10-14(34-12-13(32)11-31)7-8-15(17)21-28-18-5-3-4-16(20(18)30-21)22(33)29-19-6-1-2-9-27-19/h1-8,10,13,27,31-32H,9,11-12H2,(H,28,30)(H,29,33)/t13-/m1/s1. The van der Waals surface area contributed by atoms with Gasteiger partial charge in [-0.05, 0) is 36.4 Å². The third kappa shape index (κ3) is 5.05. The molecule has 11 heteroatoms. The number of nitrogens with zero attached hydrogens (tertiary/aromatic N) is 1. The summed E-state index contributed by atoms with van der Waals surface area (Å²) in [5.41, 5.74) is -0.415. The van der Waals surface area contributed by atoms with Gasteiger partial charge in [0.25, 0.3) is 5.91 Å². The predicted molar refractivity (Wildman–Crippen MR) is 118 cm³/mol. The number of rotatable bonds is 7.